The van der Waals surface area contributed by atoms with E-state index in [1.54, 1.807) is 31.3 Å². The number of hydrogen-bond acceptors (Lipinski definition) is 1. The molecule has 1 saturated heterocycles. The van der Waals surface area contributed by atoms with Gasteiger partial charge in [-0.05, 0) is 74.7 Å². The summed E-state index contributed by atoms with van der Waals surface area (Å²) in [6.07, 6.45) is 14.7. The summed E-state index contributed by atoms with van der Waals surface area (Å²) >= 11 is 0. The minimum atomic E-state index is 0.959. The van der Waals surface area contributed by atoms with E-state index < -0.39 is 0 Å². The molecule has 0 bridgehead atoms. The van der Waals surface area contributed by atoms with Crippen molar-refractivity contribution < 1.29 is 0 Å². The first kappa shape index (κ1) is 11.5. The van der Waals surface area contributed by atoms with Crippen molar-refractivity contribution in [3.63, 3.8) is 0 Å². The minimum Gasteiger partial charge on any atom is -0.313 e. The highest BCUT2D eigenvalue weighted by molar-refractivity contribution is 5.18. The summed E-state index contributed by atoms with van der Waals surface area (Å²) in [5.41, 5.74) is 1.78. The fourth-order valence-corrected chi connectivity index (χ4v) is 5.77. The fourth-order valence-electron chi connectivity index (χ4n) is 5.77. The smallest absolute Gasteiger partial charge is 0.0167 e. The topological polar surface area (TPSA) is 12.0 Å². The molecule has 1 nitrogen and oxygen atoms in total. The molecule has 18 heavy (non-hydrogen) atoms. The lowest BCUT2D eigenvalue weighted by Crippen LogP contribution is -2.39. The van der Waals surface area contributed by atoms with Gasteiger partial charge in [0, 0.05) is 6.54 Å². The van der Waals surface area contributed by atoms with Gasteiger partial charge < -0.3 is 5.32 Å². The van der Waals surface area contributed by atoms with E-state index in [2.05, 4.69) is 11.4 Å². The second kappa shape index (κ2) is 4.67. The third-order valence-electron chi connectivity index (χ3n) is 6.53. The van der Waals surface area contributed by atoms with Crippen molar-refractivity contribution in [1.82, 2.24) is 5.32 Å². The fraction of sp³-hybridized carbons (Fsp3) is 0.882. The predicted molar refractivity (Wildman–Crippen MR) is 75.3 cm³/mol. The lowest BCUT2D eigenvalue weighted by molar-refractivity contribution is 0.0703. The third-order valence-corrected chi connectivity index (χ3v) is 6.53. The zero-order chi connectivity index (χ0) is 11.9. The molecule has 0 radical (unpaired) electrons. The van der Waals surface area contributed by atoms with Gasteiger partial charge in [0.15, 0.2) is 0 Å². The van der Waals surface area contributed by atoms with Gasteiger partial charge in [-0.25, -0.2) is 0 Å². The Bertz CT molecular complexity index is 346. The first-order valence-electron chi connectivity index (χ1n) is 8.33. The summed E-state index contributed by atoms with van der Waals surface area (Å²) < 4.78 is 0. The molecule has 0 aromatic rings. The van der Waals surface area contributed by atoms with Crippen LogP contribution in [-0.4, -0.2) is 13.1 Å². The predicted octanol–water partition coefficient (Wildman–Crippen LogP) is 3.76. The molecule has 0 aromatic carbocycles. The van der Waals surface area contributed by atoms with Crippen LogP contribution in [-0.2, 0) is 0 Å². The van der Waals surface area contributed by atoms with Crippen molar-refractivity contribution in [3.8, 4) is 0 Å². The van der Waals surface area contributed by atoms with Crippen molar-refractivity contribution in [1.29, 1.82) is 0 Å². The van der Waals surface area contributed by atoms with Crippen LogP contribution in [0.3, 0.4) is 0 Å². The van der Waals surface area contributed by atoms with E-state index in [0.29, 0.717) is 0 Å². The van der Waals surface area contributed by atoms with Crippen LogP contribution in [0.25, 0.3) is 0 Å². The molecule has 1 N–H and O–H groups in total. The van der Waals surface area contributed by atoms with E-state index in [1.165, 1.54) is 38.8 Å². The second-order valence-corrected chi connectivity index (χ2v) is 7.20. The maximum absolute atomic E-state index is 3.62. The van der Waals surface area contributed by atoms with Gasteiger partial charge in [-0.1, -0.05) is 24.5 Å². The van der Waals surface area contributed by atoms with Gasteiger partial charge in [-0.2, -0.15) is 0 Å². The standard InChI is InChI=1S/C17H27N/c1-3-12-6-8-17-15-5-2-10-18-11-13(15)7-9-16(17)14(12)4-1/h7,12,14-18H,1-6,8-11H2. The Labute approximate surface area is 111 Å². The summed E-state index contributed by atoms with van der Waals surface area (Å²) in [5.74, 6) is 5.31. The maximum atomic E-state index is 3.62. The molecule has 0 spiro atoms. The lowest BCUT2D eigenvalue weighted by atomic mass is 9.58. The van der Waals surface area contributed by atoms with E-state index in [0.717, 1.165) is 29.6 Å². The molecule has 1 heteroatoms. The zero-order valence-electron chi connectivity index (χ0n) is 11.5. The third kappa shape index (κ3) is 1.78. The monoisotopic (exact) mass is 245 g/mol. The van der Waals surface area contributed by atoms with Crippen LogP contribution >= 0.6 is 0 Å². The molecule has 1 aliphatic heterocycles. The molecule has 5 unspecified atom stereocenters. The molecule has 4 aliphatic rings. The van der Waals surface area contributed by atoms with Crippen LogP contribution in [0.15, 0.2) is 11.6 Å². The number of allylic oxidation sites excluding steroid dienone is 1. The Morgan fingerprint density at radius 3 is 2.89 bits per heavy atom. The molecule has 0 aromatic heterocycles. The molecule has 1 heterocycles. The molecule has 3 aliphatic carbocycles. The zero-order valence-corrected chi connectivity index (χ0v) is 11.5. The average molecular weight is 245 g/mol. The molecule has 2 saturated carbocycles. The van der Waals surface area contributed by atoms with Crippen LogP contribution in [0.1, 0.15) is 51.4 Å². The van der Waals surface area contributed by atoms with Gasteiger partial charge in [0.2, 0.25) is 0 Å². The maximum Gasteiger partial charge on any atom is 0.0167 e. The Morgan fingerprint density at radius 2 is 1.89 bits per heavy atom. The molecule has 5 atom stereocenters. The first-order chi connectivity index (χ1) is 8.93. The van der Waals surface area contributed by atoms with Gasteiger partial charge in [0.1, 0.15) is 0 Å². The van der Waals surface area contributed by atoms with Gasteiger partial charge in [-0.3, -0.25) is 0 Å². The van der Waals surface area contributed by atoms with Crippen molar-refractivity contribution in [2.45, 2.75) is 51.4 Å². The quantitative estimate of drug-likeness (QED) is 0.641. The van der Waals surface area contributed by atoms with E-state index in [4.69, 9.17) is 0 Å². The molecular formula is C17H27N. The Morgan fingerprint density at radius 1 is 0.889 bits per heavy atom. The average Bonchev–Trinajstić information content (AvgIpc) is 2.75. The summed E-state index contributed by atoms with van der Waals surface area (Å²) in [6, 6.07) is 0. The number of hydrogen-bond donors (Lipinski definition) is 1. The van der Waals surface area contributed by atoms with Gasteiger partial charge in [0.05, 0.1) is 0 Å². The molecule has 0 amide bonds. The van der Waals surface area contributed by atoms with E-state index in [9.17, 15) is 0 Å². The molecule has 3 fully saturated rings. The Hall–Kier alpha value is -0.300. The van der Waals surface area contributed by atoms with Crippen molar-refractivity contribution >= 4 is 0 Å². The number of rotatable bonds is 0. The van der Waals surface area contributed by atoms with Crippen LogP contribution < -0.4 is 5.32 Å². The van der Waals surface area contributed by atoms with Crippen molar-refractivity contribution in [2.24, 2.45) is 29.6 Å². The van der Waals surface area contributed by atoms with Gasteiger partial charge in [0.25, 0.3) is 0 Å². The van der Waals surface area contributed by atoms with Crippen LogP contribution in [0, 0.1) is 29.6 Å². The van der Waals surface area contributed by atoms with Gasteiger partial charge >= 0.3 is 0 Å². The van der Waals surface area contributed by atoms with Crippen LogP contribution in [0.4, 0.5) is 0 Å². The first-order valence-corrected chi connectivity index (χ1v) is 8.33. The van der Waals surface area contributed by atoms with Gasteiger partial charge in [-0.15, -0.1) is 0 Å². The Balaban J connectivity index is 1.61. The summed E-state index contributed by atoms with van der Waals surface area (Å²) in [7, 11) is 0. The minimum absolute atomic E-state index is 0.959. The normalized spacial score (nSPS) is 47.6. The highest BCUT2D eigenvalue weighted by Gasteiger charge is 2.45. The highest BCUT2D eigenvalue weighted by Crippen LogP contribution is 2.54. The van der Waals surface area contributed by atoms with Crippen LogP contribution in [0.5, 0.6) is 0 Å². The SMILES string of the molecule is C1=C2CNCCCC2C2CCC3CCCC3C2C1. The summed E-state index contributed by atoms with van der Waals surface area (Å²) in [5, 5.41) is 3.62. The molecule has 100 valence electrons. The number of fused-ring (bicyclic) bond motifs is 5. The van der Waals surface area contributed by atoms with Crippen molar-refractivity contribution in [3.05, 3.63) is 11.6 Å². The lowest BCUT2D eigenvalue weighted by Gasteiger charge is -2.46. The summed E-state index contributed by atoms with van der Waals surface area (Å²) in [4.78, 5) is 0. The molecular weight excluding hydrogens is 218 g/mol. The second-order valence-electron chi connectivity index (χ2n) is 7.20. The summed E-state index contributed by atoms with van der Waals surface area (Å²) in [6.45, 7) is 2.44. The van der Waals surface area contributed by atoms with E-state index >= 15 is 0 Å². The number of nitrogens with one attached hydrogen (secondary N) is 1. The Kier molecular flexibility index (Phi) is 2.99. The van der Waals surface area contributed by atoms with Crippen molar-refractivity contribution in [2.75, 3.05) is 13.1 Å². The largest absolute Gasteiger partial charge is 0.313 e. The highest BCUT2D eigenvalue weighted by atomic mass is 14.9. The molecule has 4 rings (SSSR count). The van der Waals surface area contributed by atoms with Crippen LogP contribution in [0.2, 0.25) is 0 Å². The van der Waals surface area contributed by atoms with E-state index in [-0.39, 0.29) is 0 Å². The van der Waals surface area contributed by atoms with E-state index in [1.807, 2.05) is 0 Å².